The van der Waals surface area contributed by atoms with Crippen molar-refractivity contribution in [3.05, 3.63) is 143 Å². The van der Waals surface area contributed by atoms with Crippen LogP contribution in [0, 0.1) is 11.6 Å². The quantitative estimate of drug-likeness (QED) is 0.127. The molecule has 0 saturated carbocycles. The Morgan fingerprint density at radius 2 is 1.02 bits per heavy atom. The van der Waals surface area contributed by atoms with E-state index in [2.05, 4.69) is 16.0 Å². The number of hydrogen-bond donors (Lipinski definition) is 4. The van der Waals surface area contributed by atoms with Crippen molar-refractivity contribution in [3.63, 3.8) is 0 Å². The van der Waals surface area contributed by atoms with E-state index in [1.807, 2.05) is 13.1 Å². The van der Waals surface area contributed by atoms with Gasteiger partial charge < -0.3 is 35.4 Å². The standard InChI is InChI=1S/C21H25FN2O3.C13H17NO4.C8H10FN/c1-21(2,3)27-20(26)23-18(16-8-6-5-7-9-16)19(25)24(4)14-15-10-12-17(22)13-11-15;1-13(2,3)18-12(17)14-10(11(15)16)9-7-5-4-6-8-9;1-10-6-7-2-4-8(9)5-3-7/h5-13,18H,14H2,1-4H3,(H,23,26);4-8,10H,1-3H3,(H,14,17)(H,15,16);2-5,10H,6H2,1H3. The van der Waals surface area contributed by atoms with Gasteiger partial charge in [-0.1, -0.05) is 84.9 Å². The maximum atomic E-state index is 13.1. The zero-order valence-electron chi connectivity index (χ0n) is 32.6. The number of rotatable bonds is 10. The molecule has 0 bridgehead atoms. The highest BCUT2D eigenvalue weighted by Gasteiger charge is 2.28. The minimum absolute atomic E-state index is 0.181. The van der Waals surface area contributed by atoms with Crippen LogP contribution in [-0.4, -0.2) is 59.4 Å². The number of nitrogens with one attached hydrogen (secondary N) is 3. The lowest BCUT2D eigenvalue weighted by molar-refractivity contribution is -0.139. The van der Waals surface area contributed by atoms with Crippen LogP contribution in [0.1, 0.15) is 75.9 Å². The highest BCUT2D eigenvalue weighted by Crippen LogP contribution is 2.19. The third-order valence-electron chi connectivity index (χ3n) is 7.09. The van der Waals surface area contributed by atoms with Crippen molar-refractivity contribution in [2.24, 2.45) is 0 Å². The van der Waals surface area contributed by atoms with Crippen LogP contribution in [0.15, 0.2) is 109 Å². The number of alkyl carbamates (subject to hydrolysis) is 2. The number of amides is 3. The van der Waals surface area contributed by atoms with Crippen molar-refractivity contribution in [1.82, 2.24) is 20.9 Å². The van der Waals surface area contributed by atoms with Gasteiger partial charge in [-0.15, -0.1) is 0 Å². The van der Waals surface area contributed by atoms with Crippen LogP contribution >= 0.6 is 0 Å². The lowest BCUT2D eigenvalue weighted by atomic mass is 10.1. The van der Waals surface area contributed by atoms with Crippen LogP contribution in [0.5, 0.6) is 0 Å². The molecule has 3 amide bonds. The third kappa shape index (κ3) is 18.2. The van der Waals surface area contributed by atoms with Crippen molar-refractivity contribution in [2.75, 3.05) is 14.1 Å². The molecular weight excluding hydrogens is 710 g/mol. The second-order valence-corrected chi connectivity index (χ2v) is 14.3. The summed E-state index contributed by atoms with van der Waals surface area (Å²) < 4.78 is 35.7. The molecule has 0 aliphatic heterocycles. The van der Waals surface area contributed by atoms with Gasteiger partial charge in [0.05, 0.1) is 0 Å². The van der Waals surface area contributed by atoms with Crippen LogP contribution in [-0.2, 0) is 32.2 Å². The maximum Gasteiger partial charge on any atom is 0.408 e. The lowest BCUT2D eigenvalue weighted by Gasteiger charge is -2.27. The van der Waals surface area contributed by atoms with E-state index in [1.165, 1.54) is 29.2 Å². The Morgan fingerprint density at radius 1 is 0.636 bits per heavy atom. The number of carboxylic acids is 1. The molecule has 0 spiro atoms. The van der Waals surface area contributed by atoms with E-state index in [9.17, 15) is 28.0 Å². The summed E-state index contributed by atoms with van der Waals surface area (Å²) in [6, 6.07) is 27.9. The Balaban J connectivity index is 0.000000319. The van der Waals surface area contributed by atoms with Crippen molar-refractivity contribution in [1.29, 1.82) is 0 Å². The van der Waals surface area contributed by atoms with Gasteiger partial charge >= 0.3 is 18.2 Å². The van der Waals surface area contributed by atoms with E-state index >= 15 is 0 Å². The number of carboxylic acid groups (broad SMARTS) is 1. The molecule has 0 aliphatic carbocycles. The zero-order chi connectivity index (χ0) is 41.2. The molecular formula is C42H52F2N4O7. The van der Waals surface area contributed by atoms with Crippen LogP contribution in [0.3, 0.4) is 0 Å². The molecule has 0 aromatic heterocycles. The van der Waals surface area contributed by atoms with Gasteiger partial charge in [0.2, 0.25) is 5.91 Å². The summed E-state index contributed by atoms with van der Waals surface area (Å²) in [5.41, 5.74) is 1.70. The lowest BCUT2D eigenvalue weighted by Crippen LogP contribution is -2.43. The topological polar surface area (TPSA) is 146 Å². The molecule has 4 aromatic rings. The largest absolute Gasteiger partial charge is 0.479 e. The highest BCUT2D eigenvalue weighted by atomic mass is 19.1. The van der Waals surface area contributed by atoms with Crippen LogP contribution in [0.4, 0.5) is 18.4 Å². The summed E-state index contributed by atoms with van der Waals surface area (Å²) in [6.07, 6.45) is -1.42. The second kappa shape index (κ2) is 21.8. The Hall–Kier alpha value is -5.82. The number of carbonyl (C=O) groups is 4. The maximum absolute atomic E-state index is 13.1. The van der Waals surface area contributed by atoms with E-state index in [0.29, 0.717) is 17.7 Å². The number of likely N-dealkylation sites (N-methyl/N-ethyl adjacent to an activating group) is 1. The first-order valence-corrected chi connectivity index (χ1v) is 17.5. The second-order valence-electron chi connectivity index (χ2n) is 14.3. The number of ether oxygens (including phenoxy) is 2. The minimum atomic E-state index is -1.13. The number of nitrogens with zero attached hydrogens (tertiary/aromatic N) is 1. The Kier molecular flexibility index (Phi) is 17.9. The Labute approximate surface area is 322 Å². The fraction of sp³-hybridized carbons (Fsp3) is 0.333. The van der Waals surface area contributed by atoms with E-state index in [1.54, 1.807) is 127 Å². The van der Waals surface area contributed by atoms with Crippen LogP contribution in [0.2, 0.25) is 0 Å². The molecule has 0 aliphatic rings. The molecule has 2 unspecified atom stereocenters. The fourth-order valence-corrected chi connectivity index (χ4v) is 4.69. The molecule has 55 heavy (non-hydrogen) atoms. The van der Waals surface area contributed by atoms with Gasteiger partial charge in [0.25, 0.3) is 0 Å². The monoisotopic (exact) mass is 762 g/mol. The zero-order valence-corrected chi connectivity index (χ0v) is 32.6. The smallest absolute Gasteiger partial charge is 0.408 e. The van der Waals surface area contributed by atoms with Crippen molar-refractivity contribution < 1.29 is 42.5 Å². The summed E-state index contributed by atoms with van der Waals surface area (Å²) in [6.45, 7) is 11.5. The molecule has 4 rings (SSSR count). The molecule has 0 heterocycles. The molecule has 0 radical (unpaired) electrons. The SMILES string of the molecule is CC(C)(C)OC(=O)NC(C(=O)O)c1ccccc1.CN(Cc1ccc(F)cc1)C(=O)C(NC(=O)OC(C)(C)C)c1ccccc1.CNCc1ccc(F)cc1. The molecule has 4 N–H and O–H groups in total. The molecule has 296 valence electrons. The summed E-state index contributed by atoms with van der Waals surface area (Å²) >= 11 is 0. The van der Waals surface area contributed by atoms with Gasteiger partial charge in [0.1, 0.15) is 28.9 Å². The Bertz CT molecular complexity index is 1780. The summed E-state index contributed by atoms with van der Waals surface area (Å²) in [4.78, 5) is 49.4. The first kappa shape index (κ1) is 45.3. The van der Waals surface area contributed by atoms with Gasteiger partial charge in [-0.25, -0.2) is 23.2 Å². The van der Waals surface area contributed by atoms with E-state index < -0.39 is 41.4 Å². The van der Waals surface area contributed by atoms with Gasteiger partial charge in [0.15, 0.2) is 6.04 Å². The van der Waals surface area contributed by atoms with Crippen molar-refractivity contribution in [2.45, 2.75) is 77.9 Å². The predicted octanol–water partition coefficient (Wildman–Crippen LogP) is 7.93. The molecule has 4 aromatic carbocycles. The Morgan fingerprint density at radius 3 is 1.40 bits per heavy atom. The number of hydrogen-bond acceptors (Lipinski definition) is 7. The molecule has 2 atom stereocenters. The van der Waals surface area contributed by atoms with E-state index in [4.69, 9.17) is 14.6 Å². The van der Waals surface area contributed by atoms with Gasteiger partial charge in [-0.3, -0.25) is 4.79 Å². The third-order valence-corrected chi connectivity index (χ3v) is 7.09. The molecule has 13 heteroatoms. The summed E-state index contributed by atoms with van der Waals surface area (Å²) in [7, 11) is 3.50. The fourth-order valence-electron chi connectivity index (χ4n) is 4.69. The number of aliphatic carboxylic acids is 1. The first-order valence-electron chi connectivity index (χ1n) is 17.5. The number of halogens is 2. The molecule has 0 saturated heterocycles. The number of carbonyl (C=O) groups excluding carboxylic acids is 3. The normalized spacial score (nSPS) is 11.9. The van der Waals surface area contributed by atoms with Crippen molar-refractivity contribution in [3.8, 4) is 0 Å². The summed E-state index contributed by atoms with van der Waals surface area (Å²) in [5, 5.41) is 17.1. The average molecular weight is 763 g/mol. The van der Waals surface area contributed by atoms with E-state index in [-0.39, 0.29) is 17.5 Å². The van der Waals surface area contributed by atoms with E-state index in [0.717, 1.165) is 17.7 Å². The molecule has 11 nitrogen and oxygen atoms in total. The highest BCUT2D eigenvalue weighted by molar-refractivity contribution is 5.87. The van der Waals surface area contributed by atoms with Gasteiger partial charge in [-0.2, -0.15) is 0 Å². The number of benzene rings is 4. The molecule has 0 fully saturated rings. The van der Waals surface area contributed by atoms with Crippen molar-refractivity contribution >= 4 is 24.1 Å². The average Bonchev–Trinajstić information content (AvgIpc) is 3.11. The first-order chi connectivity index (χ1) is 25.8. The van der Waals surface area contributed by atoms with Gasteiger partial charge in [-0.05, 0) is 95.1 Å². The van der Waals surface area contributed by atoms with Crippen LogP contribution in [0.25, 0.3) is 0 Å². The summed E-state index contributed by atoms with van der Waals surface area (Å²) in [5.74, 6) is -1.94. The van der Waals surface area contributed by atoms with Gasteiger partial charge in [0, 0.05) is 20.1 Å². The minimum Gasteiger partial charge on any atom is -0.479 e. The van der Waals surface area contributed by atoms with Crippen LogP contribution < -0.4 is 16.0 Å². The predicted molar refractivity (Wildman–Crippen MR) is 207 cm³/mol.